The maximum atomic E-state index is 5.87. The van der Waals surface area contributed by atoms with E-state index in [-0.39, 0.29) is 5.28 Å². The number of aromatic nitrogens is 5. The van der Waals surface area contributed by atoms with Gasteiger partial charge in [-0.15, -0.1) is 0 Å². The van der Waals surface area contributed by atoms with Gasteiger partial charge in [0.25, 0.3) is 5.95 Å². The van der Waals surface area contributed by atoms with Gasteiger partial charge in [-0.3, -0.25) is 0 Å². The van der Waals surface area contributed by atoms with Gasteiger partial charge in [0.1, 0.15) is 0 Å². The van der Waals surface area contributed by atoms with Crippen molar-refractivity contribution in [1.82, 2.24) is 24.7 Å². The highest BCUT2D eigenvalue weighted by atomic mass is 35.5. The van der Waals surface area contributed by atoms with Gasteiger partial charge >= 0.3 is 0 Å². The zero-order chi connectivity index (χ0) is 13.0. The molecule has 1 atom stereocenters. The van der Waals surface area contributed by atoms with Crippen molar-refractivity contribution in [2.24, 2.45) is 0 Å². The fourth-order valence-electron chi connectivity index (χ4n) is 1.23. The Labute approximate surface area is 114 Å². The van der Waals surface area contributed by atoms with E-state index in [0.717, 1.165) is 6.54 Å². The van der Waals surface area contributed by atoms with Crippen LogP contribution in [0.4, 0.5) is 5.95 Å². The molecule has 2 rings (SSSR count). The zero-order valence-electron chi connectivity index (χ0n) is 10.0. The van der Waals surface area contributed by atoms with E-state index in [1.54, 1.807) is 30.2 Å². The molecule has 8 heteroatoms. The number of hydrogen-bond donors (Lipinski definition) is 1. The van der Waals surface area contributed by atoms with Gasteiger partial charge in [-0.1, -0.05) is 6.92 Å². The van der Waals surface area contributed by atoms with Crippen LogP contribution in [0.3, 0.4) is 0 Å². The van der Waals surface area contributed by atoms with Crippen molar-refractivity contribution in [3.05, 3.63) is 23.7 Å². The first-order valence-electron chi connectivity index (χ1n) is 5.37. The van der Waals surface area contributed by atoms with Crippen LogP contribution in [0.25, 0.3) is 5.95 Å². The largest absolute Gasteiger partial charge is 0.353 e. The van der Waals surface area contributed by atoms with Crippen LogP contribution in [0.5, 0.6) is 0 Å². The van der Waals surface area contributed by atoms with Crippen molar-refractivity contribution in [1.29, 1.82) is 0 Å². The molecule has 0 amide bonds. The van der Waals surface area contributed by atoms with Crippen LogP contribution in [-0.2, 0) is 0 Å². The van der Waals surface area contributed by atoms with Crippen LogP contribution in [0.1, 0.15) is 6.92 Å². The highest BCUT2D eigenvalue weighted by molar-refractivity contribution is 7.99. The van der Waals surface area contributed by atoms with Crippen LogP contribution >= 0.6 is 23.4 Å². The highest BCUT2D eigenvalue weighted by Crippen LogP contribution is 2.10. The Morgan fingerprint density at radius 1 is 1.44 bits per heavy atom. The van der Waals surface area contributed by atoms with Gasteiger partial charge in [-0.05, 0) is 23.9 Å². The highest BCUT2D eigenvalue weighted by Gasteiger charge is 2.07. The summed E-state index contributed by atoms with van der Waals surface area (Å²) in [6.45, 7) is 2.88. The molecule has 1 unspecified atom stereocenters. The SMILES string of the molecule is CSC(C)CNc1nc(Cl)nc(-n2cccn2)n1. The summed E-state index contributed by atoms with van der Waals surface area (Å²) in [4.78, 5) is 12.3. The lowest BCUT2D eigenvalue weighted by Gasteiger charge is -2.10. The minimum absolute atomic E-state index is 0.148. The summed E-state index contributed by atoms with van der Waals surface area (Å²) in [5.74, 6) is 0.862. The summed E-state index contributed by atoms with van der Waals surface area (Å²) >= 11 is 7.63. The molecular formula is C10H13ClN6S. The molecule has 2 heterocycles. The van der Waals surface area contributed by atoms with Crippen LogP contribution in [-0.4, -0.2) is 42.8 Å². The molecule has 0 aliphatic carbocycles. The molecule has 0 saturated carbocycles. The molecule has 0 spiro atoms. The average molecular weight is 285 g/mol. The van der Waals surface area contributed by atoms with Gasteiger partial charge in [-0.25, -0.2) is 4.68 Å². The lowest BCUT2D eigenvalue weighted by atomic mass is 10.5. The van der Waals surface area contributed by atoms with Gasteiger partial charge in [0.05, 0.1) is 0 Å². The lowest BCUT2D eigenvalue weighted by molar-refractivity contribution is 0.794. The summed E-state index contributed by atoms with van der Waals surface area (Å²) in [5.41, 5.74) is 0. The number of halogens is 1. The number of nitrogens with one attached hydrogen (secondary N) is 1. The van der Waals surface area contributed by atoms with Crippen molar-refractivity contribution in [2.75, 3.05) is 18.1 Å². The van der Waals surface area contributed by atoms with Crippen LogP contribution < -0.4 is 5.32 Å². The lowest BCUT2D eigenvalue weighted by Crippen LogP contribution is -2.16. The topological polar surface area (TPSA) is 68.5 Å². The second-order valence-corrected chi connectivity index (χ2v) is 5.22. The fourth-order valence-corrected chi connectivity index (χ4v) is 1.63. The van der Waals surface area contributed by atoms with E-state index in [9.17, 15) is 0 Å². The van der Waals surface area contributed by atoms with Crippen molar-refractivity contribution < 1.29 is 0 Å². The molecule has 0 saturated heterocycles. The Balaban J connectivity index is 2.17. The van der Waals surface area contributed by atoms with Crippen LogP contribution in [0.2, 0.25) is 5.28 Å². The molecule has 0 fully saturated rings. The maximum absolute atomic E-state index is 5.87. The summed E-state index contributed by atoms with van der Waals surface area (Å²) in [7, 11) is 0. The van der Waals surface area contributed by atoms with E-state index < -0.39 is 0 Å². The summed E-state index contributed by atoms with van der Waals surface area (Å²) in [5, 5.41) is 7.80. The van der Waals surface area contributed by atoms with Gasteiger partial charge in [0.15, 0.2) is 0 Å². The minimum atomic E-state index is 0.148. The predicted molar refractivity (Wildman–Crippen MR) is 73.4 cm³/mol. The molecule has 18 heavy (non-hydrogen) atoms. The first kappa shape index (κ1) is 13.1. The van der Waals surface area contributed by atoms with E-state index in [1.165, 1.54) is 4.68 Å². The third-order valence-electron chi connectivity index (χ3n) is 2.26. The Bertz CT molecular complexity index is 503. The monoisotopic (exact) mass is 284 g/mol. The van der Waals surface area contributed by atoms with E-state index in [1.807, 2.05) is 0 Å². The molecule has 96 valence electrons. The van der Waals surface area contributed by atoms with E-state index in [4.69, 9.17) is 11.6 Å². The van der Waals surface area contributed by atoms with Gasteiger partial charge in [0.2, 0.25) is 11.2 Å². The second-order valence-electron chi connectivity index (χ2n) is 3.61. The smallest absolute Gasteiger partial charge is 0.256 e. The Morgan fingerprint density at radius 2 is 2.28 bits per heavy atom. The molecule has 6 nitrogen and oxygen atoms in total. The molecule has 0 aliphatic heterocycles. The third-order valence-corrected chi connectivity index (χ3v) is 3.40. The van der Waals surface area contributed by atoms with Crippen LogP contribution in [0.15, 0.2) is 18.5 Å². The van der Waals surface area contributed by atoms with Crippen molar-refractivity contribution in [2.45, 2.75) is 12.2 Å². The Hall–Kier alpha value is -1.34. The van der Waals surface area contributed by atoms with Crippen LogP contribution in [0, 0.1) is 0 Å². The molecule has 0 radical (unpaired) electrons. The van der Waals surface area contributed by atoms with Crippen molar-refractivity contribution >= 4 is 29.3 Å². The number of thioether (sulfide) groups is 1. The van der Waals surface area contributed by atoms with Gasteiger partial charge < -0.3 is 5.32 Å². The average Bonchev–Trinajstić information content (AvgIpc) is 2.89. The summed E-state index contributed by atoms with van der Waals surface area (Å²) in [6, 6.07) is 1.79. The summed E-state index contributed by atoms with van der Waals surface area (Å²) < 4.78 is 1.54. The summed E-state index contributed by atoms with van der Waals surface area (Å²) in [6.07, 6.45) is 5.46. The first-order chi connectivity index (χ1) is 8.69. The molecule has 0 bridgehead atoms. The normalized spacial score (nSPS) is 12.4. The Morgan fingerprint density at radius 3 is 2.94 bits per heavy atom. The van der Waals surface area contributed by atoms with Crippen molar-refractivity contribution in [3.8, 4) is 5.95 Å². The van der Waals surface area contributed by atoms with Gasteiger partial charge in [0, 0.05) is 24.2 Å². The number of anilines is 1. The zero-order valence-corrected chi connectivity index (χ0v) is 11.6. The van der Waals surface area contributed by atoms with E-state index >= 15 is 0 Å². The molecule has 2 aromatic rings. The number of rotatable bonds is 5. The van der Waals surface area contributed by atoms with E-state index in [0.29, 0.717) is 17.1 Å². The Kier molecular flexibility index (Phi) is 4.38. The first-order valence-corrected chi connectivity index (χ1v) is 7.04. The van der Waals surface area contributed by atoms with Gasteiger partial charge in [-0.2, -0.15) is 31.8 Å². The van der Waals surface area contributed by atoms with E-state index in [2.05, 4.69) is 38.5 Å². The number of nitrogens with zero attached hydrogens (tertiary/aromatic N) is 5. The van der Waals surface area contributed by atoms with Crippen molar-refractivity contribution in [3.63, 3.8) is 0 Å². The third kappa shape index (κ3) is 3.33. The molecule has 1 N–H and O–H groups in total. The molecule has 2 aromatic heterocycles. The fraction of sp³-hybridized carbons (Fsp3) is 0.400. The number of hydrogen-bond acceptors (Lipinski definition) is 6. The predicted octanol–water partition coefficient (Wildman–Crippen LogP) is 1.87. The standard InChI is InChI=1S/C10H13ClN6S/c1-7(18-2)6-12-9-14-8(11)15-10(16-9)17-5-3-4-13-17/h3-5,7H,6H2,1-2H3,(H,12,14,15,16). The maximum Gasteiger partial charge on any atom is 0.256 e. The molecular weight excluding hydrogens is 272 g/mol. The minimum Gasteiger partial charge on any atom is -0.353 e. The molecule has 0 aliphatic rings. The second kappa shape index (κ2) is 6.01. The molecule has 0 aromatic carbocycles. The quantitative estimate of drug-likeness (QED) is 0.904.